The molecule has 114 valence electrons. The topological polar surface area (TPSA) is 15.3 Å². The second kappa shape index (κ2) is 5.82. The highest BCUT2D eigenvalue weighted by Gasteiger charge is 2.36. The number of nitrogens with zero attached hydrogens (tertiary/aromatic N) is 1. The minimum absolute atomic E-state index is 0.0803. The van der Waals surface area contributed by atoms with Gasteiger partial charge in [-0.25, -0.2) is 4.39 Å². The van der Waals surface area contributed by atoms with Crippen molar-refractivity contribution in [3.8, 4) is 0 Å². The van der Waals surface area contributed by atoms with Gasteiger partial charge in [-0.1, -0.05) is 42.5 Å². The number of halogens is 1. The summed E-state index contributed by atoms with van der Waals surface area (Å²) in [6, 6.07) is 16.2. The minimum Gasteiger partial charge on any atom is -0.314 e. The van der Waals surface area contributed by atoms with Gasteiger partial charge in [-0.15, -0.1) is 0 Å². The van der Waals surface area contributed by atoms with Crippen LogP contribution in [0, 0.1) is 5.82 Å². The lowest BCUT2D eigenvalue weighted by Gasteiger charge is -2.33. The van der Waals surface area contributed by atoms with E-state index in [2.05, 4.69) is 34.5 Å². The standard InChI is InChI=1S/C19H21FN2/c20-18-8-4-3-6-15(18)17-13-19(22-11-9-21-10-12-22)16-7-2-1-5-14(16)17/h1-8,17,19,21H,9-13H2. The lowest BCUT2D eigenvalue weighted by Crippen LogP contribution is -2.44. The molecular weight excluding hydrogens is 275 g/mol. The molecular formula is C19H21FN2. The SMILES string of the molecule is Fc1ccccc1C1CC(N2CCNCC2)c2ccccc21. The first-order valence-electron chi connectivity index (χ1n) is 8.12. The third kappa shape index (κ3) is 2.34. The second-order valence-electron chi connectivity index (χ2n) is 6.24. The number of piperazine rings is 1. The van der Waals surface area contributed by atoms with E-state index in [1.54, 1.807) is 12.1 Å². The van der Waals surface area contributed by atoms with Crippen molar-refractivity contribution in [1.82, 2.24) is 10.2 Å². The molecule has 1 N–H and O–H groups in total. The van der Waals surface area contributed by atoms with Crippen molar-refractivity contribution in [2.75, 3.05) is 26.2 Å². The molecule has 2 aliphatic rings. The van der Waals surface area contributed by atoms with E-state index >= 15 is 0 Å². The molecule has 1 heterocycles. The molecule has 0 bridgehead atoms. The molecule has 22 heavy (non-hydrogen) atoms. The Morgan fingerprint density at radius 1 is 0.864 bits per heavy atom. The summed E-state index contributed by atoms with van der Waals surface area (Å²) in [6.07, 6.45) is 0.986. The van der Waals surface area contributed by atoms with Crippen LogP contribution in [0.1, 0.15) is 35.1 Å². The molecule has 2 unspecified atom stereocenters. The molecule has 1 saturated heterocycles. The maximum atomic E-state index is 14.3. The Morgan fingerprint density at radius 2 is 1.50 bits per heavy atom. The zero-order valence-corrected chi connectivity index (χ0v) is 12.6. The van der Waals surface area contributed by atoms with E-state index < -0.39 is 0 Å². The Balaban J connectivity index is 1.72. The van der Waals surface area contributed by atoms with Crippen molar-refractivity contribution in [1.29, 1.82) is 0 Å². The van der Waals surface area contributed by atoms with E-state index in [4.69, 9.17) is 0 Å². The molecule has 3 heteroatoms. The van der Waals surface area contributed by atoms with Gasteiger partial charge in [-0.05, 0) is 29.2 Å². The van der Waals surface area contributed by atoms with Crippen LogP contribution >= 0.6 is 0 Å². The molecule has 0 saturated carbocycles. The molecule has 0 amide bonds. The summed E-state index contributed by atoms with van der Waals surface area (Å²) in [4.78, 5) is 2.55. The number of hydrogen-bond acceptors (Lipinski definition) is 2. The summed E-state index contributed by atoms with van der Waals surface area (Å²) in [7, 11) is 0. The predicted molar refractivity (Wildman–Crippen MR) is 86.5 cm³/mol. The van der Waals surface area contributed by atoms with Crippen molar-refractivity contribution >= 4 is 0 Å². The van der Waals surface area contributed by atoms with Gasteiger partial charge >= 0.3 is 0 Å². The minimum atomic E-state index is -0.0803. The maximum absolute atomic E-state index is 14.3. The first kappa shape index (κ1) is 13.9. The number of fused-ring (bicyclic) bond motifs is 1. The first-order valence-corrected chi connectivity index (χ1v) is 8.12. The zero-order valence-electron chi connectivity index (χ0n) is 12.6. The molecule has 0 aromatic heterocycles. The lowest BCUT2D eigenvalue weighted by atomic mass is 9.92. The van der Waals surface area contributed by atoms with Crippen LogP contribution in [-0.4, -0.2) is 31.1 Å². The van der Waals surface area contributed by atoms with Crippen LogP contribution in [-0.2, 0) is 0 Å². The Morgan fingerprint density at radius 3 is 2.23 bits per heavy atom. The summed E-state index contributed by atoms with van der Waals surface area (Å²) in [5.74, 6) is 0.0977. The van der Waals surface area contributed by atoms with Crippen LogP contribution in [0.2, 0.25) is 0 Å². The van der Waals surface area contributed by atoms with E-state index in [1.165, 1.54) is 11.1 Å². The van der Waals surface area contributed by atoms with Crippen molar-refractivity contribution < 1.29 is 4.39 Å². The summed E-state index contributed by atoms with van der Waals surface area (Å²) in [6.45, 7) is 4.23. The smallest absolute Gasteiger partial charge is 0.127 e. The summed E-state index contributed by atoms with van der Waals surface area (Å²) in [5.41, 5.74) is 3.53. The van der Waals surface area contributed by atoms with Gasteiger partial charge in [-0.3, -0.25) is 4.90 Å². The third-order valence-corrected chi connectivity index (χ3v) is 5.06. The van der Waals surface area contributed by atoms with Crippen molar-refractivity contribution in [3.05, 3.63) is 71.0 Å². The highest BCUT2D eigenvalue weighted by molar-refractivity contribution is 5.44. The first-order chi connectivity index (χ1) is 10.8. The van der Waals surface area contributed by atoms with Crippen LogP contribution < -0.4 is 5.32 Å². The Kier molecular flexibility index (Phi) is 3.68. The van der Waals surface area contributed by atoms with E-state index in [0.29, 0.717) is 6.04 Å². The van der Waals surface area contributed by atoms with Gasteiger partial charge in [0.15, 0.2) is 0 Å². The molecule has 2 atom stereocenters. The quantitative estimate of drug-likeness (QED) is 0.914. The third-order valence-electron chi connectivity index (χ3n) is 5.06. The van der Waals surface area contributed by atoms with Gasteiger partial charge in [0.2, 0.25) is 0 Å². The van der Waals surface area contributed by atoms with Crippen LogP contribution in [0.4, 0.5) is 4.39 Å². The fraction of sp³-hybridized carbons (Fsp3) is 0.368. The zero-order chi connectivity index (χ0) is 14.9. The van der Waals surface area contributed by atoms with Crippen LogP contribution in [0.15, 0.2) is 48.5 Å². The average molecular weight is 296 g/mol. The maximum Gasteiger partial charge on any atom is 0.127 e. The molecule has 1 fully saturated rings. The normalized spacial score (nSPS) is 25.1. The number of benzene rings is 2. The lowest BCUT2D eigenvalue weighted by molar-refractivity contribution is 0.171. The van der Waals surface area contributed by atoms with Crippen molar-refractivity contribution in [2.24, 2.45) is 0 Å². The van der Waals surface area contributed by atoms with Crippen LogP contribution in [0.5, 0.6) is 0 Å². The Labute approximate surface area is 131 Å². The molecule has 2 aromatic rings. The highest BCUT2D eigenvalue weighted by Crippen LogP contribution is 2.47. The highest BCUT2D eigenvalue weighted by atomic mass is 19.1. The molecule has 1 aliphatic heterocycles. The number of hydrogen-bond donors (Lipinski definition) is 1. The molecule has 2 aromatic carbocycles. The van der Waals surface area contributed by atoms with Crippen LogP contribution in [0.25, 0.3) is 0 Å². The molecule has 2 nitrogen and oxygen atoms in total. The van der Waals surface area contributed by atoms with E-state index in [0.717, 1.165) is 38.2 Å². The van der Waals surface area contributed by atoms with Crippen LogP contribution in [0.3, 0.4) is 0 Å². The van der Waals surface area contributed by atoms with E-state index in [-0.39, 0.29) is 11.7 Å². The van der Waals surface area contributed by atoms with E-state index in [9.17, 15) is 4.39 Å². The van der Waals surface area contributed by atoms with Gasteiger partial charge in [0, 0.05) is 38.1 Å². The monoisotopic (exact) mass is 296 g/mol. The molecule has 0 radical (unpaired) electrons. The Hall–Kier alpha value is -1.71. The molecule has 1 aliphatic carbocycles. The van der Waals surface area contributed by atoms with Gasteiger partial charge in [0.1, 0.15) is 5.82 Å². The van der Waals surface area contributed by atoms with Crippen molar-refractivity contribution in [3.63, 3.8) is 0 Å². The number of rotatable bonds is 2. The fourth-order valence-corrected chi connectivity index (χ4v) is 4.00. The van der Waals surface area contributed by atoms with Gasteiger partial charge in [-0.2, -0.15) is 0 Å². The van der Waals surface area contributed by atoms with Gasteiger partial charge in [0.25, 0.3) is 0 Å². The van der Waals surface area contributed by atoms with Crippen molar-refractivity contribution in [2.45, 2.75) is 18.4 Å². The summed E-state index contributed by atoms with van der Waals surface area (Å²) in [5, 5.41) is 3.41. The average Bonchev–Trinajstić information content (AvgIpc) is 2.96. The molecule has 4 rings (SSSR count). The summed E-state index contributed by atoms with van der Waals surface area (Å²) >= 11 is 0. The fourth-order valence-electron chi connectivity index (χ4n) is 4.00. The van der Waals surface area contributed by atoms with Gasteiger partial charge < -0.3 is 5.32 Å². The van der Waals surface area contributed by atoms with E-state index in [1.807, 2.05) is 12.1 Å². The predicted octanol–water partition coefficient (Wildman–Crippen LogP) is 3.31. The number of nitrogens with one attached hydrogen (secondary N) is 1. The molecule has 0 spiro atoms. The van der Waals surface area contributed by atoms with Gasteiger partial charge in [0.05, 0.1) is 0 Å². The summed E-state index contributed by atoms with van der Waals surface area (Å²) < 4.78 is 14.3. The largest absolute Gasteiger partial charge is 0.314 e. The Bertz CT molecular complexity index is 664. The second-order valence-corrected chi connectivity index (χ2v) is 6.24.